The zero-order chi connectivity index (χ0) is 11.6. The first-order valence-corrected chi connectivity index (χ1v) is 7.85. The molecule has 0 aromatic heterocycles. The van der Waals surface area contributed by atoms with E-state index < -0.39 is 10.0 Å². The molecule has 1 saturated carbocycles. The second kappa shape index (κ2) is 4.85. The predicted molar refractivity (Wildman–Crippen MR) is 67.1 cm³/mol. The fraction of sp³-hybridized carbons (Fsp3) is 0.455. The molecular formula is C11H14BrNO2S. The van der Waals surface area contributed by atoms with Crippen molar-refractivity contribution in [2.24, 2.45) is 0 Å². The first kappa shape index (κ1) is 12.1. The van der Waals surface area contributed by atoms with E-state index in [0.717, 1.165) is 12.8 Å². The van der Waals surface area contributed by atoms with Gasteiger partial charge in [-0.25, -0.2) is 8.42 Å². The Morgan fingerprint density at radius 1 is 1.25 bits per heavy atom. The zero-order valence-electron chi connectivity index (χ0n) is 8.84. The summed E-state index contributed by atoms with van der Waals surface area (Å²) < 4.78 is 26.2. The molecule has 0 spiro atoms. The first-order chi connectivity index (χ1) is 7.66. The summed E-state index contributed by atoms with van der Waals surface area (Å²) in [5.74, 6) is 0. The van der Waals surface area contributed by atoms with Crippen LogP contribution in [0.4, 0.5) is 0 Å². The number of hydrogen-bond donors (Lipinski definition) is 0. The second-order valence-electron chi connectivity index (χ2n) is 3.85. The van der Waals surface area contributed by atoms with Crippen molar-refractivity contribution in [3.8, 4) is 0 Å². The van der Waals surface area contributed by atoms with Gasteiger partial charge < -0.3 is 0 Å². The Bertz CT molecular complexity index is 442. The highest BCUT2D eigenvalue weighted by Crippen LogP contribution is 2.31. The summed E-state index contributed by atoms with van der Waals surface area (Å²) in [5, 5.41) is 0.676. The van der Waals surface area contributed by atoms with E-state index in [2.05, 4.69) is 15.9 Å². The van der Waals surface area contributed by atoms with Crippen LogP contribution in [-0.4, -0.2) is 30.6 Å². The van der Waals surface area contributed by atoms with Gasteiger partial charge in [-0.3, -0.25) is 0 Å². The maximum atomic E-state index is 12.3. The van der Waals surface area contributed by atoms with E-state index in [4.69, 9.17) is 0 Å². The third kappa shape index (κ3) is 2.47. The van der Waals surface area contributed by atoms with Crippen LogP contribution in [0, 0.1) is 0 Å². The van der Waals surface area contributed by atoms with Gasteiger partial charge in [0.15, 0.2) is 0 Å². The second-order valence-corrected chi connectivity index (χ2v) is 6.53. The molecule has 0 unspecified atom stereocenters. The Hall–Kier alpha value is -0.390. The summed E-state index contributed by atoms with van der Waals surface area (Å²) in [7, 11) is -3.30. The number of hydrogen-bond acceptors (Lipinski definition) is 2. The molecule has 0 saturated heterocycles. The minimum Gasteiger partial charge on any atom is -0.207 e. The van der Waals surface area contributed by atoms with Crippen LogP contribution < -0.4 is 0 Å². The Kier molecular flexibility index (Phi) is 3.66. The highest BCUT2D eigenvalue weighted by atomic mass is 79.9. The average molecular weight is 304 g/mol. The minimum absolute atomic E-state index is 0.211. The minimum atomic E-state index is -3.30. The smallest absolute Gasteiger partial charge is 0.207 e. The van der Waals surface area contributed by atoms with Crippen LogP contribution >= 0.6 is 15.9 Å². The average Bonchev–Trinajstić information content (AvgIpc) is 3.11. The summed E-state index contributed by atoms with van der Waals surface area (Å²) in [5.41, 5.74) is 0. The summed E-state index contributed by atoms with van der Waals surface area (Å²) in [6.45, 7) is 0.544. The van der Waals surface area contributed by atoms with E-state index in [9.17, 15) is 8.42 Å². The lowest BCUT2D eigenvalue weighted by molar-refractivity contribution is 0.424. The van der Waals surface area contributed by atoms with Gasteiger partial charge in [0.05, 0.1) is 4.90 Å². The molecular weight excluding hydrogens is 290 g/mol. The Morgan fingerprint density at radius 2 is 1.88 bits per heavy atom. The summed E-state index contributed by atoms with van der Waals surface area (Å²) >= 11 is 3.30. The number of alkyl halides is 1. The van der Waals surface area contributed by atoms with Gasteiger partial charge in [0, 0.05) is 17.9 Å². The van der Waals surface area contributed by atoms with Gasteiger partial charge in [0.25, 0.3) is 0 Å². The number of sulfonamides is 1. The first-order valence-electron chi connectivity index (χ1n) is 5.29. The van der Waals surface area contributed by atoms with Crippen molar-refractivity contribution in [1.82, 2.24) is 4.31 Å². The highest BCUT2D eigenvalue weighted by Gasteiger charge is 2.37. The van der Waals surface area contributed by atoms with Crippen LogP contribution in [-0.2, 0) is 10.0 Å². The third-order valence-electron chi connectivity index (χ3n) is 2.61. The van der Waals surface area contributed by atoms with Crippen LogP contribution in [0.1, 0.15) is 12.8 Å². The van der Waals surface area contributed by atoms with Crippen LogP contribution in [0.25, 0.3) is 0 Å². The van der Waals surface area contributed by atoms with E-state index in [-0.39, 0.29) is 6.04 Å². The molecule has 3 nitrogen and oxygen atoms in total. The van der Waals surface area contributed by atoms with Gasteiger partial charge in [0.2, 0.25) is 10.0 Å². The van der Waals surface area contributed by atoms with Crippen molar-refractivity contribution in [2.75, 3.05) is 11.9 Å². The number of halogens is 1. The molecule has 0 heterocycles. The molecule has 1 aromatic rings. The predicted octanol–water partition coefficient (Wildman–Crippen LogP) is 2.23. The zero-order valence-corrected chi connectivity index (χ0v) is 11.2. The van der Waals surface area contributed by atoms with E-state index in [1.54, 1.807) is 28.6 Å². The van der Waals surface area contributed by atoms with Crippen molar-refractivity contribution in [3.05, 3.63) is 30.3 Å². The Balaban J connectivity index is 2.29. The molecule has 5 heteroatoms. The van der Waals surface area contributed by atoms with Crippen molar-refractivity contribution < 1.29 is 8.42 Å². The maximum absolute atomic E-state index is 12.3. The summed E-state index contributed by atoms with van der Waals surface area (Å²) in [6.07, 6.45) is 1.97. The van der Waals surface area contributed by atoms with Gasteiger partial charge >= 0.3 is 0 Å². The molecule has 0 atom stereocenters. The fourth-order valence-electron chi connectivity index (χ4n) is 1.67. The summed E-state index contributed by atoms with van der Waals surface area (Å²) in [4.78, 5) is 0.392. The highest BCUT2D eigenvalue weighted by molar-refractivity contribution is 9.09. The standard InChI is InChI=1S/C11H14BrNO2S/c12-8-9-13(10-6-7-10)16(14,15)11-4-2-1-3-5-11/h1-5,10H,6-9H2. The Labute approximate surface area is 105 Å². The normalized spacial score (nSPS) is 16.6. The quantitative estimate of drug-likeness (QED) is 0.782. The van der Waals surface area contributed by atoms with Gasteiger partial charge in [-0.1, -0.05) is 34.1 Å². The van der Waals surface area contributed by atoms with Gasteiger partial charge in [-0.05, 0) is 25.0 Å². The molecule has 1 aliphatic carbocycles. The molecule has 0 amide bonds. The van der Waals surface area contributed by atoms with E-state index in [1.807, 2.05) is 6.07 Å². The topological polar surface area (TPSA) is 37.4 Å². The maximum Gasteiger partial charge on any atom is 0.243 e. The van der Waals surface area contributed by atoms with Crippen LogP contribution in [0.15, 0.2) is 35.2 Å². The van der Waals surface area contributed by atoms with Gasteiger partial charge in [0.1, 0.15) is 0 Å². The molecule has 0 aliphatic heterocycles. The lowest BCUT2D eigenvalue weighted by atomic mass is 10.4. The molecule has 1 fully saturated rings. The lowest BCUT2D eigenvalue weighted by Crippen LogP contribution is -2.34. The number of benzene rings is 1. The van der Waals surface area contributed by atoms with Crippen LogP contribution in [0.3, 0.4) is 0 Å². The van der Waals surface area contributed by atoms with Crippen molar-refractivity contribution in [3.63, 3.8) is 0 Å². The molecule has 2 rings (SSSR count). The fourth-order valence-corrected chi connectivity index (χ4v) is 4.00. The molecule has 0 N–H and O–H groups in total. The van der Waals surface area contributed by atoms with Gasteiger partial charge in [-0.2, -0.15) is 4.31 Å². The SMILES string of the molecule is O=S(=O)(c1ccccc1)N(CCBr)C1CC1. The van der Waals surface area contributed by atoms with E-state index in [0.29, 0.717) is 16.8 Å². The van der Waals surface area contributed by atoms with Crippen molar-refractivity contribution in [1.29, 1.82) is 0 Å². The molecule has 1 aliphatic rings. The number of rotatable bonds is 5. The molecule has 16 heavy (non-hydrogen) atoms. The van der Waals surface area contributed by atoms with E-state index >= 15 is 0 Å². The van der Waals surface area contributed by atoms with Gasteiger partial charge in [-0.15, -0.1) is 0 Å². The molecule has 1 aromatic carbocycles. The molecule has 0 bridgehead atoms. The molecule has 88 valence electrons. The monoisotopic (exact) mass is 303 g/mol. The van der Waals surface area contributed by atoms with E-state index in [1.165, 1.54) is 0 Å². The number of nitrogens with zero attached hydrogens (tertiary/aromatic N) is 1. The van der Waals surface area contributed by atoms with Crippen molar-refractivity contribution >= 4 is 26.0 Å². The molecule has 0 radical (unpaired) electrons. The third-order valence-corrected chi connectivity index (χ3v) is 4.93. The van der Waals surface area contributed by atoms with Crippen LogP contribution in [0.5, 0.6) is 0 Å². The lowest BCUT2D eigenvalue weighted by Gasteiger charge is -2.20. The largest absolute Gasteiger partial charge is 0.243 e. The summed E-state index contributed by atoms with van der Waals surface area (Å²) in [6, 6.07) is 8.85. The van der Waals surface area contributed by atoms with Crippen molar-refractivity contribution in [2.45, 2.75) is 23.8 Å². The Morgan fingerprint density at radius 3 is 2.38 bits per heavy atom. The van der Waals surface area contributed by atoms with Crippen LogP contribution in [0.2, 0.25) is 0 Å².